The van der Waals surface area contributed by atoms with Crippen molar-refractivity contribution in [2.75, 3.05) is 33.5 Å². The predicted octanol–water partition coefficient (Wildman–Crippen LogP) is 2.51. The van der Waals surface area contributed by atoms with E-state index in [0.29, 0.717) is 0 Å². The third-order valence-corrected chi connectivity index (χ3v) is 3.58. The van der Waals surface area contributed by atoms with Gasteiger partial charge in [0.1, 0.15) is 0 Å². The van der Waals surface area contributed by atoms with Crippen molar-refractivity contribution in [3.05, 3.63) is 30.3 Å². The van der Waals surface area contributed by atoms with E-state index in [-0.39, 0.29) is 0 Å². The van der Waals surface area contributed by atoms with Gasteiger partial charge in [-0.2, -0.15) is 0 Å². The molecule has 26 heavy (non-hydrogen) atoms. The van der Waals surface area contributed by atoms with E-state index in [1.165, 1.54) is 0 Å². The van der Waals surface area contributed by atoms with E-state index in [4.69, 9.17) is 19.6 Å². The highest BCUT2D eigenvalue weighted by molar-refractivity contribution is 7.46. The molecule has 0 heterocycles. The summed E-state index contributed by atoms with van der Waals surface area (Å²) in [6, 6.07) is 10.1. The zero-order valence-electron chi connectivity index (χ0n) is 14.4. The van der Waals surface area contributed by atoms with Gasteiger partial charge >= 0.3 is 33.0 Å². The molecule has 0 spiro atoms. The maximum Gasteiger partial charge on any atom is 0.745 e. The van der Waals surface area contributed by atoms with E-state index < -0.39 is 33.0 Å². The Bertz CT molecular complexity index is 493. The van der Waals surface area contributed by atoms with Gasteiger partial charge in [0.05, 0.1) is 0 Å². The van der Waals surface area contributed by atoms with E-state index in [1.807, 2.05) is 63.4 Å². The molecule has 4 atom stereocenters. The Kier molecular flexibility index (Phi) is 23.5. The molecule has 4 unspecified atom stereocenters. The first-order chi connectivity index (χ1) is 11.9. The van der Waals surface area contributed by atoms with Gasteiger partial charge in [-0.15, -0.1) is 19.6 Å². The van der Waals surface area contributed by atoms with Crippen LogP contribution in [0.5, 0.6) is 0 Å². The van der Waals surface area contributed by atoms with Crippen molar-refractivity contribution in [1.29, 1.82) is 0 Å². The second kappa shape index (κ2) is 20.5. The number of rotatable bonds is 5. The minimum atomic E-state index is -2.92. The molecular weight excluding hydrogens is 432 g/mol. The van der Waals surface area contributed by atoms with Gasteiger partial charge in [0.15, 0.2) is 8.62 Å². The van der Waals surface area contributed by atoms with Crippen molar-refractivity contribution >= 4 is 38.7 Å². The van der Waals surface area contributed by atoms with Crippen LogP contribution in [-0.4, -0.2) is 52.7 Å². The largest absolute Gasteiger partial charge is 0.745 e. The Hall–Kier alpha value is -0.860. The Morgan fingerprint density at radius 1 is 0.769 bits per heavy atom. The quantitative estimate of drug-likeness (QED) is 0.411. The molecule has 0 fully saturated rings. The first kappa shape index (κ1) is 29.9. The number of hydrogen-bond donors (Lipinski definition) is 5. The Balaban J connectivity index is -0.000000279. The lowest BCUT2D eigenvalue weighted by Crippen LogP contribution is -1.99. The van der Waals surface area contributed by atoms with E-state index in [1.54, 1.807) is 0 Å². The average Bonchev–Trinajstić information content (AvgIpc) is 2.46. The van der Waals surface area contributed by atoms with Crippen molar-refractivity contribution in [3.63, 3.8) is 0 Å². The van der Waals surface area contributed by atoms with E-state index in [2.05, 4.69) is 13.9 Å². The molecule has 0 saturated heterocycles. The lowest BCUT2D eigenvalue weighted by molar-refractivity contribution is 0.368. The summed E-state index contributed by atoms with van der Waals surface area (Å²) < 4.78 is 44.3. The highest BCUT2D eigenvalue weighted by Gasteiger charge is 2.32. The van der Waals surface area contributed by atoms with Crippen LogP contribution in [0.25, 0.3) is 0 Å². The molecular formula is C10H22N2O10P4+4. The summed E-state index contributed by atoms with van der Waals surface area (Å²) in [6.45, 7) is 0. The van der Waals surface area contributed by atoms with Gasteiger partial charge in [-0.3, -0.25) is 0 Å². The molecule has 148 valence electrons. The lowest BCUT2D eigenvalue weighted by Gasteiger charge is -1.94. The summed E-state index contributed by atoms with van der Waals surface area (Å²) in [7, 11) is -3.78. The van der Waals surface area contributed by atoms with Crippen molar-refractivity contribution in [1.82, 2.24) is 4.90 Å². The van der Waals surface area contributed by atoms with Gasteiger partial charge in [0.25, 0.3) is 0 Å². The first-order valence-electron chi connectivity index (χ1n) is 6.26. The molecule has 0 bridgehead atoms. The van der Waals surface area contributed by atoms with Crippen LogP contribution in [0.1, 0.15) is 0 Å². The minimum Gasteiger partial charge on any atom is -0.388 e. The number of para-hydroxylation sites is 1. The summed E-state index contributed by atoms with van der Waals surface area (Å²) in [5.41, 5.74) is 1.16. The summed E-state index contributed by atoms with van der Waals surface area (Å²) >= 11 is 0. The third kappa shape index (κ3) is 38.6. The van der Waals surface area contributed by atoms with E-state index in [0.717, 1.165) is 5.69 Å². The van der Waals surface area contributed by atoms with Crippen LogP contribution >= 0.6 is 33.0 Å². The monoisotopic (exact) mass is 454 g/mol. The smallest absolute Gasteiger partial charge is 0.388 e. The number of benzene rings is 1. The number of nitrogens with one attached hydrogen (secondary N) is 1. The molecule has 5 N–H and O–H groups in total. The van der Waals surface area contributed by atoms with Gasteiger partial charge in [0, 0.05) is 31.0 Å². The second-order valence-electron chi connectivity index (χ2n) is 4.07. The van der Waals surface area contributed by atoms with Crippen LogP contribution in [0, 0.1) is 0 Å². The molecule has 0 aliphatic carbocycles. The molecule has 12 nitrogen and oxygen atoms in total. The third-order valence-electron chi connectivity index (χ3n) is 1.34. The molecule has 0 aliphatic rings. The van der Waals surface area contributed by atoms with Gasteiger partial charge < -0.3 is 10.2 Å². The maximum atomic E-state index is 9.39. The fourth-order valence-electron chi connectivity index (χ4n) is 0.724. The SMILES string of the molecule is CN(C)C.CNc1ccccc1.O=[P+](O)O[P+](=O)O.O=[P+](O)O[P+](=O)O. The van der Waals surface area contributed by atoms with Crippen molar-refractivity contribution in [3.8, 4) is 0 Å². The van der Waals surface area contributed by atoms with Crippen LogP contribution in [0.2, 0.25) is 0 Å². The highest BCUT2D eigenvalue weighted by atomic mass is 31.2. The molecule has 1 rings (SSSR count). The zero-order valence-corrected chi connectivity index (χ0v) is 17.9. The molecule has 1 aromatic carbocycles. The maximum absolute atomic E-state index is 9.39. The summed E-state index contributed by atoms with van der Waals surface area (Å²) in [6.07, 6.45) is 0. The molecule has 16 heteroatoms. The second-order valence-corrected chi connectivity index (χ2v) is 7.28. The van der Waals surface area contributed by atoms with Gasteiger partial charge in [-0.25, -0.2) is 0 Å². The van der Waals surface area contributed by atoms with Crippen molar-refractivity contribution in [2.45, 2.75) is 0 Å². The number of nitrogens with zero attached hydrogens (tertiary/aromatic N) is 1. The number of hydrogen-bond acceptors (Lipinski definition) is 8. The summed E-state index contributed by atoms with van der Waals surface area (Å²) in [5.74, 6) is 0. The average molecular weight is 454 g/mol. The van der Waals surface area contributed by atoms with Crippen LogP contribution in [0.4, 0.5) is 5.69 Å². The van der Waals surface area contributed by atoms with Crippen LogP contribution in [-0.2, 0) is 26.9 Å². The van der Waals surface area contributed by atoms with E-state index >= 15 is 0 Å². The van der Waals surface area contributed by atoms with Gasteiger partial charge in [0.2, 0.25) is 0 Å². The van der Waals surface area contributed by atoms with E-state index in [9.17, 15) is 18.3 Å². The number of anilines is 1. The van der Waals surface area contributed by atoms with Crippen LogP contribution in [0.15, 0.2) is 30.3 Å². The highest BCUT2D eigenvalue weighted by Crippen LogP contribution is 2.31. The topological polar surface area (TPSA) is 183 Å². The minimum absolute atomic E-state index is 1.16. The summed E-state index contributed by atoms with van der Waals surface area (Å²) in [5, 5.41) is 3.03. The Labute approximate surface area is 154 Å². The van der Waals surface area contributed by atoms with Crippen molar-refractivity contribution < 1.29 is 46.5 Å². The van der Waals surface area contributed by atoms with Crippen molar-refractivity contribution in [2.24, 2.45) is 0 Å². The van der Waals surface area contributed by atoms with Crippen LogP contribution in [0.3, 0.4) is 0 Å². The standard InChI is InChI=1S/C7H9N.C3H9N.2O5P2/c1-8-7-5-3-2-4-6-7;1-4(2)3;2*1-6(2)5-7(3)4/h2-6,8H,1H3;1-3H3;;/p+4. The lowest BCUT2D eigenvalue weighted by atomic mass is 10.3. The fraction of sp³-hybridized carbons (Fsp3) is 0.400. The van der Waals surface area contributed by atoms with Gasteiger partial charge in [-0.1, -0.05) is 18.2 Å². The fourth-order valence-corrected chi connectivity index (χ4v) is 1.68. The first-order valence-corrected chi connectivity index (χ1v) is 10.8. The molecule has 0 aromatic heterocycles. The van der Waals surface area contributed by atoms with Gasteiger partial charge in [-0.05, 0) is 33.3 Å². The molecule has 0 radical (unpaired) electrons. The molecule has 0 aliphatic heterocycles. The van der Waals surface area contributed by atoms with Crippen LogP contribution < -0.4 is 5.32 Å². The molecule has 0 saturated carbocycles. The normalized spacial score (nSPS) is 11.3. The zero-order chi connectivity index (χ0) is 21.1. The molecule has 1 aromatic rings. The Morgan fingerprint density at radius 3 is 1.15 bits per heavy atom. The predicted molar refractivity (Wildman–Crippen MR) is 97.1 cm³/mol. The Morgan fingerprint density at radius 2 is 1.04 bits per heavy atom. The summed E-state index contributed by atoms with van der Waals surface area (Å²) in [4.78, 5) is 32.7. The molecule has 0 amide bonds.